The van der Waals surface area contributed by atoms with Crippen LogP contribution in [0.1, 0.15) is 6.92 Å². The van der Waals surface area contributed by atoms with E-state index in [4.69, 9.17) is 9.84 Å². The maximum atomic E-state index is 11.6. The first-order chi connectivity index (χ1) is 7.60. The molecule has 0 spiro atoms. The Labute approximate surface area is 95.1 Å². The first-order valence-electron chi connectivity index (χ1n) is 4.93. The van der Waals surface area contributed by atoms with Crippen LogP contribution in [0.25, 0.3) is 0 Å². The lowest BCUT2D eigenvalue weighted by Crippen LogP contribution is -2.22. The largest absolute Gasteiger partial charge is 0.491 e. The maximum Gasteiger partial charge on any atom is 0.240 e. The summed E-state index contributed by atoms with van der Waals surface area (Å²) in [4.78, 5) is 0.200. The monoisotopic (exact) mass is 245 g/mol. The minimum absolute atomic E-state index is 0.0720. The van der Waals surface area contributed by atoms with Crippen molar-refractivity contribution in [3.63, 3.8) is 0 Å². The summed E-state index contributed by atoms with van der Waals surface area (Å²) in [7, 11) is -3.40. The second-order valence-corrected chi connectivity index (χ2v) is 4.81. The van der Waals surface area contributed by atoms with Crippen molar-refractivity contribution in [1.82, 2.24) is 4.72 Å². The van der Waals surface area contributed by atoms with Gasteiger partial charge in [0.15, 0.2) is 0 Å². The molecular formula is C10H15NO4S. The Hall–Kier alpha value is -1.11. The molecule has 0 amide bonds. The maximum absolute atomic E-state index is 11.6. The lowest BCUT2D eigenvalue weighted by Gasteiger charge is -2.06. The lowest BCUT2D eigenvalue weighted by atomic mass is 10.3. The molecule has 5 nitrogen and oxygen atoms in total. The summed E-state index contributed by atoms with van der Waals surface area (Å²) in [5.41, 5.74) is 0. The van der Waals surface area contributed by atoms with Crippen molar-refractivity contribution in [3.8, 4) is 5.75 Å². The highest BCUT2D eigenvalue weighted by Gasteiger charge is 2.11. The molecule has 0 heterocycles. The third-order valence-corrected chi connectivity index (χ3v) is 3.39. The fourth-order valence-electron chi connectivity index (χ4n) is 1.15. The molecule has 0 bridgehead atoms. The smallest absolute Gasteiger partial charge is 0.240 e. The van der Waals surface area contributed by atoms with Crippen molar-refractivity contribution >= 4 is 10.0 Å². The summed E-state index contributed by atoms with van der Waals surface area (Å²) in [6, 6.07) is 6.04. The number of ether oxygens (including phenoxy) is 1. The molecule has 0 aromatic heterocycles. The van der Waals surface area contributed by atoms with Gasteiger partial charge in [0, 0.05) is 6.54 Å². The van der Waals surface area contributed by atoms with Gasteiger partial charge in [-0.2, -0.15) is 0 Å². The van der Waals surface area contributed by atoms with E-state index >= 15 is 0 Å². The molecule has 0 aliphatic carbocycles. The normalized spacial score (nSPS) is 11.4. The lowest BCUT2D eigenvalue weighted by molar-refractivity contribution is 0.201. The summed E-state index contributed by atoms with van der Waals surface area (Å²) < 4.78 is 30.6. The van der Waals surface area contributed by atoms with E-state index in [1.54, 1.807) is 19.1 Å². The first kappa shape index (κ1) is 13.0. The fourth-order valence-corrected chi connectivity index (χ4v) is 2.19. The van der Waals surface area contributed by atoms with Crippen LogP contribution >= 0.6 is 0 Å². The molecule has 6 heteroatoms. The number of rotatable bonds is 6. The van der Waals surface area contributed by atoms with Crippen LogP contribution < -0.4 is 9.46 Å². The summed E-state index contributed by atoms with van der Waals surface area (Å²) in [5.74, 6) is 0.532. The fraction of sp³-hybridized carbons (Fsp3) is 0.400. The van der Waals surface area contributed by atoms with E-state index in [9.17, 15) is 8.42 Å². The van der Waals surface area contributed by atoms with Crippen molar-refractivity contribution in [2.24, 2.45) is 0 Å². The molecular weight excluding hydrogens is 230 g/mol. The van der Waals surface area contributed by atoms with Gasteiger partial charge in [-0.05, 0) is 24.3 Å². The second kappa shape index (κ2) is 5.83. The van der Waals surface area contributed by atoms with Gasteiger partial charge in [-0.15, -0.1) is 0 Å². The zero-order chi connectivity index (χ0) is 12.0. The summed E-state index contributed by atoms with van der Waals surface area (Å²) in [6.07, 6.45) is 0. The number of aliphatic hydroxyl groups is 1. The molecule has 0 saturated carbocycles. The Morgan fingerprint density at radius 3 is 2.44 bits per heavy atom. The number of nitrogens with one attached hydrogen (secondary N) is 1. The molecule has 90 valence electrons. The predicted molar refractivity (Wildman–Crippen MR) is 59.9 cm³/mol. The molecule has 1 aromatic rings. The molecule has 1 rings (SSSR count). The Balaban J connectivity index is 2.78. The van der Waals surface area contributed by atoms with Crippen molar-refractivity contribution in [2.45, 2.75) is 11.8 Å². The van der Waals surface area contributed by atoms with Crippen LogP contribution in [0.3, 0.4) is 0 Å². The quantitative estimate of drug-likeness (QED) is 0.758. The molecule has 16 heavy (non-hydrogen) atoms. The van der Waals surface area contributed by atoms with Crippen molar-refractivity contribution in [3.05, 3.63) is 24.3 Å². The van der Waals surface area contributed by atoms with Crippen molar-refractivity contribution in [1.29, 1.82) is 0 Å². The Bertz CT molecular complexity index is 413. The van der Waals surface area contributed by atoms with Crippen LogP contribution in [0.4, 0.5) is 0 Å². The highest BCUT2D eigenvalue weighted by atomic mass is 32.2. The number of hydrogen-bond donors (Lipinski definition) is 2. The van der Waals surface area contributed by atoms with Crippen LogP contribution in [0, 0.1) is 0 Å². The SMILES string of the molecule is CCNS(=O)(=O)c1ccc(OCCO)cc1. The number of aliphatic hydroxyl groups excluding tert-OH is 1. The van der Waals surface area contributed by atoms with Gasteiger partial charge >= 0.3 is 0 Å². The molecule has 0 radical (unpaired) electrons. The van der Waals surface area contributed by atoms with E-state index in [2.05, 4.69) is 4.72 Å². The van der Waals surface area contributed by atoms with Crippen molar-refractivity contribution in [2.75, 3.05) is 19.8 Å². The number of benzene rings is 1. The Morgan fingerprint density at radius 1 is 1.31 bits per heavy atom. The summed E-state index contributed by atoms with van der Waals surface area (Å²) in [6.45, 7) is 2.19. The van der Waals surface area contributed by atoms with E-state index in [-0.39, 0.29) is 18.1 Å². The van der Waals surface area contributed by atoms with Gasteiger partial charge in [0.05, 0.1) is 11.5 Å². The van der Waals surface area contributed by atoms with Crippen LogP contribution in [-0.4, -0.2) is 33.3 Å². The van der Waals surface area contributed by atoms with E-state index in [0.29, 0.717) is 12.3 Å². The van der Waals surface area contributed by atoms with Crippen LogP contribution in [0.15, 0.2) is 29.2 Å². The standard InChI is InChI=1S/C10H15NO4S/c1-2-11-16(13,14)10-5-3-9(4-6-10)15-8-7-12/h3-6,11-12H,2,7-8H2,1H3. The number of hydrogen-bond acceptors (Lipinski definition) is 4. The minimum atomic E-state index is -3.40. The van der Waals surface area contributed by atoms with Crippen LogP contribution in [0.5, 0.6) is 5.75 Å². The van der Waals surface area contributed by atoms with Gasteiger partial charge in [0.25, 0.3) is 0 Å². The Morgan fingerprint density at radius 2 is 1.94 bits per heavy atom. The van der Waals surface area contributed by atoms with Gasteiger partial charge in [0.2, 0.25) is 10.0 Å². The third kappa shape index (κ3) is 3.48. The van der Waals surface area contributed by atoms with Gasteiger partial charge in [0.1, 0.15) is 12.4 Å². The van der Waals surface area contributed by atoms with E-state index in [1.807, 2.05) is 0 Å². The van der Waals surface area contributed by atoms with Crippen molar-refractivity contribution < 1.29 is 18.3 Å². The van der Waals surface area contributed by atoms with E-state index in [0.717, 1.165) is 0 Å². The van der Waals surface area contributed by atoms with Gasteiger partial charge < -0.3 is 9.84 Å². The number of sulfonamides is 1. The van der Waals surface area contributed by atoms with Gasteiger partial charge in [-0.1, -0.05) is 6.92 Å². The van der Waals surface area contributed by atoms with Gasteiger partial charge in [-0.25, -0.2) is 13.1 Å². The van der Waals surface area contributed by atoms with Crippen LogP contribution in [0.2, 0.25) is 0 Å². The zero-order valence-corrected chi connectivity index (χ0v) is 9.83. The molecule has 2 N–H and O–H groups in total. The van der Waals surface area contributed by atoms with Crippen LogP contribution in [-0.2, 0) is 10.0 Å². The summed E-state index contributed by atoms with van der Waals surface area (Å²) >= 11 is 0. The second-order valence-electron chi connectivity index (χ2n) is 3.04. The average Bonchev–Trinajstić information content (AvgIpc) is 2.27. The molecule has 0 fully saturated rings. The molecule has 0 aliphatic rings. The van der Waals surface area contributed by atoms with E-state index in [1.165, 1.54) is 12.1 Å². The average molecular weight is 245 g/mol. The first-order valence-corrected chi connectivity index (χ1v) is 6.42. The minimum Gasteiger partial charge on any atom is -0.491 e. The predicted octanol–water partition coefficient (Wildman–Crippen LogP) is 0.356. The highest BCUT2D eigenvalue weighted by Crippen LogP contribution is 2.15. The van der Waals surface area contributed by atoms with E-state index < -0.39 is 10.0 Å². The summed E-state index contributed by atoms with van der Waals surface area (Å²) in [5, 5.41) is 8.55. The molecule has 1 aromatic carbocycles. The third-order valence-electron chi connectivity index (χ3n) is 1.83. The molecule has 0 aliphatic heterocycles. The Kier molecular flexibility index (Phi) is 4.72. The molecule has 0 saturated heterocycles. The zero-order valence-electron chi connectivity index (χ0n) is 9.01. The highest BCUT2D eigenvalue weighted by molar-refractivity contribution is 7.89. The van der Waals surface area contributed by atoms with Gasteiger partial charge in [-0.3, -0.25) is 0 Å². The topological polar surface area (TPSA) is 75.6 Å². The molecule has 0 atom stereocenters. The molecule has 0 unspecified atom stereocenters.